The molecule has 1 rings (SSSR count). The minimum atomic E-state index is -0.928. The molecule has 8 heteroatoms. The number of hydrogen-bond acceptors (Lipinski definition) is 5. The first-order valence-electron chi connectivity index (χ1n) is 4.59. The molecular weight excluding hydrogens is 218 g/mol. The lowest BCUT2D eigenvalue weighted by atomic mass is 10.3. The summed E-state index contributed by atoms with van der Waals surface area (Å²) in [7, 11) is 0. The number of amides is 4. The Hall–Kier alpha value is -1.96. The van der Waals surface area contributed by atoms with Crippen molar-refractivity contribution in [3.05, 3.63) is 0 Å². The number of hydroxylamine groups is 1. The van der Waals surface area contributed by atoms with Gasteiger partial charge in [0, 0.05) is 25.7 Å². The summed E-state index contributed by atoms with van der Waals surface area (Å²) in [4.78, 5) is 43.9. The molecule has 1 saturated heterocycles. The molecule has 0 atom stereocenters. The second kappa shape index (κ2) is 4.71. The zero-order valence-corrected chi connectivity index (χ0v) is 8.38. The van der Waals surface area contributed by atoms with Gasteiger partial charge >= 0.3 is 0 Å². The van der Waals surface area contributed by atoms with E-state index in [2.05, 4.69) is 0 Å². The van der Waals surface area contributed by atoms with E-state index < -0.39 is 23.6 Å². The lowest BCUT2D eigenvalue weighted by molar-refractivity contribution is -0.229. The van der Waals surface area contributed by atoms with Crippen molar-refractivity contribution in [3.8, 4) is 0 Å². The summed E-state index contributed by atoms with van der Waals surface area (Å²) in [6, 6.07) is 0. The second-order valence-corrected chi connectivity index (χ2v) is 3.25. The quantitative estimate of drug-likeness (QED) is 0.346. The van der Waals surface area contributed by atoms with Crippen molar-refractivity contribution in [1.82, 2.24) is 10.2 Å². The fourth-order valence-corrected chi connectivity index (χ4v) is 1.22. The number of nitrogens with zero attached hydrogens (tertiary/aromatic N) is 2. The van der Waals surface area contributed by atoms with Crippen molar-refractivity contribution in [2.24, 2.45) is 5.73 Å². The topological polar surface area (TPSA) is 121 Å². The van der Waals surface area contributed by atoms with E-state index >= 15 is 0 Å². The van der Waals surface area contributed by atoms with Crippen LogP contribution in [-0.2, 0) is 19.2 Å². The predicted molar refractivity (Wildman–Crippen MR) is 48.1 cm³/mol. The molecule has 1 aliphatic rings. The van der Waals surface area contributed by atoms with Gasteiger partial charge in [-0.25, -0.2) is 0 Å². The number of nitrogens with two attached hydrogens (primary N) is 1. The Kier molecular flexibility index (Phi) is 3.56. The van der Waals surface area contributed by atoms with E-state index in [4.69, 9.17) is 5.73 Å². The zero-order chi connectivity index (χ0) is 12.3. The molecule has 1 aliphatic heterocycles. The first-order valence-corrected chi connectivity index (χ1v) is 4.59. The van der Waals surface area contributed by atoms with Crippen LogP contribution in [0.2, 0.25) is 0 Å². The second-order valence-electron chi connectivity index (χ2n) is 3.25. The summed E-state index contributed by atoms with van der Waals surface area (Å²) < 4.78 is 0. The summed E-state index contributed by atoms with van der Waals surface area (Å²) in [5, 5.41) is 9.60. The van der Waals surface area contributed by atoms with Gasteiger partial charge in [-0.1, -0.05) is 0 Å². The predicted octanol–water partition coefficient (Wildman–Crippen LogP) is -1.47. The van der Waals surface area contributed by atoms with Gasteiger partial charge in [0.1, 0.15) is 0 Å². The number of carbonyl (C=O) groups is 4. The van der Waals surface area contributed by atoms with E-state index in [-0.39, 0.29) is 30.9 Å². The molecule has 0 aromatic carbocycles. The Labute approximate surface area is 90.5 Å². The highest BCUT2D eigenvalue weighted by atomic mass is 16.6. The van der Waals surface area contributed by atoms with Gasteiger partial charge in [-0.15, -0.1) is 5.17 Å². The van der Waals surface area contributed by atoms with Crippen LogP contribution in [0.4, 0.5) is 0 Å². The first-order chi connectivity index (χ1) is 7.43. The molecule has 0 unspecified atom stereocenters. The Morgan fingerprint density at radius 2 is 1.75 bits per heavy atom. The maximum absolute atomic E-state index is 11.2. The van der Waals surface area contributed by atoms with Gasteiger partial charge in [0.2, 0.25) is 5.91 Å². The van der Waals surface area contributed by atoms with Gasteiger partial charge in [-0.2, -0.15) is 5.01 Å². The van der Waals surface area contributed by atoms with Crippen molar-refractivity contribution in [1.29, 1.82) is 0 Å². The molecule has 1 heterocycles. The first kappa shape index (κ1) is 12.1. The molecule has 0 aliphatic carbocycles. The van der Waals surface area contributed by atoms with E-state index in [1.807, 2.05) is 0 Å². The van der Waals surface area contributed by atoms with Gasteiger partial charge in [0.15, 0.2) is 0 Å². The van der Waals surface area contributed by atoms with Crippen LogP contribution in [0.5, 0.6) is 0 Å². The van der Waals surface area contributed by atoms with E-state index in [1.165, 1.54) is 0 Å². The van der Waals surface area contributed by atoms with Crippen LogP contribution in [-0.4, -0.2) is 39.0 Å². The van der Waals surface area contributed by atoms with Crippen LogP contribution < -0.4 is 5.73 Å². The van der Waals surface area contributed by atoms with Crippen LogP contribution >= 0.6 is 0 Å². The molecular formula is C8H11N3O5. The molecule has 8 nitrogen and oxygen atoms in total. The Morgan fingerprint density at radius 1 is 1.25 bits per heavy atom. The summed E-state index contributed by atoms with van der Waals surface area (Å²) >= 11 is 0. The molecule has 0 spiro atoms. The van der Waals surface area contributed by atoms with E-state index in [1.54, 1.807) is 0 Å². The van der Waals surface area contributed by atoms with Crippen LogP contribution in [0.25, 0.3) is 0 Å². The van der Waals surface area contributed by atoms with E-state index in [9.17, 15) is 24.4 Å². The minimum Gasteiger partial charge on any atom is -0.370 e. The van der Waals surface area contributed by atoms with E-state index in [0.717, 1.165) is 0 Å². The van der Waals surface area contributed by atoms with Crippen LogP contribution in [0.3, 0.4) is 0 Å². The zero-order valence-electron chi connectivity index (χ0n) is 8.38. The molecule has 0 aromatic rings. The highest BCUT2D eigenvalue weighted by Crippen LogP contribution is 2.14. The normalized spacial score (nSPS) is 15.4. The molecule has 0 saturated carbocycles. The van der Waals surface area contributed by atoms with Gasteiger partial charge in [0.05, 0.1) is 0 Å². The lowest BCUT2D eigenvalue weighted by Crippen LogP contribution is -2.47. The van der Waals surface area contributed by atoms with Crippen LogP contribution in [0.15, 0.2) is 0 Å². The van der Waals surface area contributed by atoms with Crippen molar-refractivity contribution >= 4 is 23.6 Å². The molecule has 0 bridgehead atoms. The lowest BCUT2D eigenvalue weighted by Gasteiger charge is -2.22. The molecule has 0 aromatic heterocycles. The summed E-state index contributed by atoms with van der Waals surface area (Å²) in [5.74, 6) is -2.94. The maximum Gasteiger partial charge on any atom is 0.267 e. The smallest absolute Gasteiger partial charge is 0.267 e. The number of hydrogen-bond donors (Lipinski definition) is 2. The minimum absolute atomic E-state index is 0.0427. The Balaban J connectivity index is 2.59. The highest BCUT2D eigenvalue weighted by Gasteiger charge is 2.36. The standard InChI is InChI=1S/C8H11N3O5/c9-5(12)1-2-8(15)11(16)10-6(13)3-4-7(10)14/h16H,1-4H2,(H2,9,12). The van der Waals surface area contributed by atoms with E-state index in [0.29, 0.717) is 5.01 Å². The summed E-state index contributed by atoms with van der Waals surface area (Å²) in [6.45, 7) is 0. The van der Waals surface area contributed by atoms with Crippen molar-refractivity contribution < 1.29 is 24.4 Å². The SMILES string of the molecule is NC(=O)CCC(=O)N(O)N1C(=O)CCC1=O. The average Bonchev–Trinajstić information content (AvgIpc) is 2.54. The van der Waals surface area contributed by atoms with Gasteiger partial charge in [-0.3, -0.25) is 24.4 Å². The third-order valence-corrected chi connectivity index (χ3v) is 2.02. The molecule has 1 fully saturated rings. The van der Waals surface area contributed by atoms with Crippen LogP contribution in [0, 0.1) is 0 Å². The van der Waals surface area contributed by atoms with Gasteiger partial charge < -0.3 is 5.73 Å². The Morgan fingerprint density at radius 3 is 2.19 bits per heavy atom. The van der Waals surface area contributed by atoms with Crippen LogP contribution in [0.1, 0.15) is 25.7 Å². The molecule has 3 N–H and O–H groups in total. The number of carbonyl (C=O) groups excluding carboxylic acids is 4. The summed E-state index contributed by atoms with van der Waals surface area (Å²) in [6.07, 6.45) is -0.701. The number of hydrazine groups is 1. The van der Waals surface area contributed by atoms with Gasteiger partial charge in [-0.05, 0) is 0 Å². The highest BCUT2D eigenvalue weighted by molar-refractivity contribution is 6.03. The van der Waals surface area contributed by atoms with Crippen molar-refractivity contribution in [2.75, 3.05) is 0 Å². The third-order valence-electron chi connectivity index (χ3n) is 2.02. The number of rotatable bonds is 4. The largest absolute Gasteiger partial charge is 0.370 e. The molecule has 0 radical (unpaired) electrons. The Bertz CT molecular complexity index is 338. The van der Waals surface area contributed by atoms with Crippen molar-refractivity contribution in [3.63, 3.8) is 0 Å². The summed E-state index contributed by atoms with van der Waals surface area (Å²) in [5.41, 5.74) is 4.81. The number of primary amides is 1. The van der Waals surface area contributed by atoms with Gasteiger partial charge in [0.25, 0.3) is 17.7 Å². The number of imide groups is 1. The molecule has 16 heavy (non-hydrogen) atoms. The fraction of sp³-hybridized carbons (Fsp3) is 0.500. The fourth-order valence-electron chi connectivity index (χ4n) is 1.22. The molecule has 88 valence electrons. The average molecular weight is 229 g/mol. The van der Waals surface area contributed by atoms with Crippen molar-refractivity contribution in [2.45, 2.75) is 25.7 Å². The monoisotopic (exact) mass is 229 g/mol. The maximum atomic E-state index is 11.2. The molecule has 4 amide bonds. The third kappa shape index (κ3) is 2.54.